The monoisotopic (exact) mass is 217 g/mol. The number of nitro groups is 1. The van der Waals surface area contributed by atoms with Gasteiger partial charge in [0.05, 0.1) is 10.6 Å². The summed E-state index contributed by atoms with van der Waals surface area (Å²) in [4.78, 5) is 10.4. The van der Waals surface area contributed by atoms with Gasteiger partial charge >= 0.3 is 0 Å². The molecule has 0 spiro atoms. The maximum Gasteiger partial charge on any atom is 0.297 e. The molecule has 0 unspecified atom stereocenters. The molecule has 2 aromatic rings. The average molecular weight is 217 g/mol. The molecule has 0 aliphatic heterocycles. The van der Waals surface area contributed by atoms with Gasteiger partial charge in [0, 0.05) is 11.5 Å². The van der Waals surface area contributed by atoms with Gasteiger partial charge in [0.1, 0.15) is 0 Å². The van der Waals surface area contributed by atoms with E-state index in [4.69, 9.17) is 0 Å². The summed E-state index contributed by atoms with van der Waals surface area (Å²) in [5, 5.41) is 19.5. The molecule has 1 aromatic heterocycles. The van der Waals surface area contributed by atoms with E-state index in [9.17, 15) is 10.1 Å². The topological polar surface area (TPSA) is 68.9 Å². The zero-order chi connectivity index (χ0) is 11.7. The fraction of sp³-hybridized carbons (Fsp3) is 0.273. The zero-order valence-corrected chi connectivity index (χ0v) is 9.10. The highest BCUT2D eigenvalue weighted by molar-refractivity contribution is 5.89. The van der Waals surface area contributed by atoms with E-state index in [2.05, 4.69) is 10.2 Å². The number of nitro benzene ring substituents is 1. The average Bonchev–Trinajstić information content (AvgIpc) is 2.27. The minimum absolute atomic E-state index is 0.0136. The summed E-state index contributed by atoms with van der Waals surface area (Å²) < 4.78 is 0. The van der Waals surface area contributed by atoms with Crippen LogP contribution in [0.3, 0.4) is 0 Å². The number of benzene rings is 1. The molecule has 2 rings (SSSR count). The van der Waals surface area contributed by atoms with Crippen LogP contribution in [0, 0.1) is 17.0 Å². The van der Waals surface area contributed by atoms with Crippen molar-refractivity contribution in [3.8, 4) is 0 Å². The number of fused-ring (bicyclic) bond motifs is 1. The molecule has 0 amide bonds. The SMILES string of the molecule is CCc1c(C)nnc2c([N+](=O)[O-])cccc12. The largest absolute Gasteiger partial charge is 0.297 e. The van der Waals surface area contributed by atoms with Gasteiger partial charge in [-0.1, -0.05) is 19.1 Å². The molecule has 5 nitrogen and oxygen atoms in total. The van der Waals surface area contributed by atoms with E-state index in [1.165, 1.54) is 6.07 Å². The molecular formula is C11H11N3O2. The number of aryl methyl sites for hydroxylation is 2. The van der Waals surface area contributed by atoms with Crippen molar-refractivity contribution in [2.45, 2.75) is 20.3 Å². The van der Waals surface area contributed by atoms with Crippen LogP contribution in [0.1, 0.15) is 18.2 Å². The highest BCUT2D eigenvalue weighted by atomic mass is 16.6. The van der Waals surface area contributed by atoms with Crippen LogP contribution in [0.2, 0.25) is 0 Å². The van der Waals surface area contributed by atoms with Crippen molar-refractivity contribution in [1.82, 2.24) is 10.2 Å². The van der Waals surface area contributed by atoms with Crippen molar-refractivity contribution in [3.05, 3.63) is 39.6 Å². The van der Waals surface area contributed by atoms with Gasteiger partial charge in [-0.2, -0.15) is 5.10 Å². The second-order valence-electron chi connectivity index (χ2n) is 3.55. The van der Waals surface area contributed by atoms with Crippen LogP contribution < -0.4 is 0 Å². The van der Waals surface area contributed by atoms with Crippen molar-refractivity contribution in [1.29, 1.82) is 0 Å². The molecule has 0 N–H and O–H groups in total. The molecule has 1 heterocycles. The number of aromatic nitrogens is 2. The maximum absolute atomic E-state index is 10.8. The Hall–Kier alpha value is -2.04. The van der Waals surface area contributed by atoms with E-state index in [-0.39, 0.29) is 5.69 Å². The molecule has 0 fully saturated rings. The highest BCUT2D eigenvalue weighted by Crippen LogP contribution is 2.26. The van der Waals surface area contributed by atoms with Crippen molar-refractivity contribution < 1.29 is 4.92 Å². The molecule has 0 saturated heterocycles. The second kappa shape index (κ2) is 3.84. The Kier molecular flexibility index (Phi) is 2.52. The van der Waals surface area contributed by atoms with E-state index in [0.29, 0.717) is 5.52 Å². The van der Waals surface area contributed by atoms with Crippen molar-refractivity contribution in [2.24, 2.45) is 0 Å². The summed E-state index contributed by atoms with van der Waals surface area (Å²) >= 11 is 0. The first-order chi connectivity index (χ1) is 7.65. The summed E-state index contributed by atoms with van der Waals surface area (Å²) in [6, 6.07) is 4.98. The predicted molar refractivity (Wildman–Crippen MR) is 60.3 cm³/mol. The Balaban J connectivity index is 2.87. The molecule has 0 aliphatic rings. The van der Waals surface area contributed by atoms with Crippen LogP contribution in [-0.2, 0) is 6.42 Å². The number of non-ortho nitro benzene ring substituents is 1. The van der Waals surface area contributed by atoms with E-state index in [1.807, 2.05) is 19.9 Å². The van der Waals surface area contributed by atoms with Crippen LogP contribution >= 0.6 is 0 Å². The van der Waals surface area contributed by atoms with Gasteiger partial charge in [0.2, 0.25) is 0 Å². The Labute approximate surface area is 92.3 Å². The van der Waals surface area contributed by atoms with E-state index < -0.39 is 4.92 Å². The molecule has 16 heavy (non-hydrogen) atoms. The fourth-order valence-corrected chi connectivity index (χ4v) is 1.85. The van der Waals surface area contributed by atoms with Gasteiger partial charge in [-0.25, -0.2) is 0 Å². The first-order valence-corrected chi connectivity index (χ1v) is 5.04. The fourth-order valence-electron chi connectivity index (χ4n) is 1.85. The third-order valence-corrected chi connectivity index (χ3v) is 2.63. The lowest BCUT2D eigenvalue weighted by molar-refractivity contribution is -0.383. The first-order valence-electron chi connectivity index (χ1n) is 5.04. The van der Waals surface area contributed by atoms with Crippen LogP contribution in [-0.4, -0.2) is 15.1 Å². The standard InChI is InChI=1S/C11H11N3O2/c1-3-8-7(2)12-13-11-9(8)5-4-6-10(11)14(15)16/h4-6H,3H2,1-2H3. The molecule has 82 valence electrons. The van der Waals surface area contributed by atoms with Crippen LogP contribution in [0.25, 0.3) is 10.9 Å². The Morgan fingerprint density at radius 1 is 1.38 bits per heavy atom. The van der Waals surface area contributed by atoms with E-state index in [0.717, 1.165) is 23.1 Å². The maximum atomic E-state index is 10.8. The van der Waals surface area contributed by atoms with Gasteiger partial charge in [-0.3, -0.25) is 10.1 Å². The Bertz CT molecular complexity index is 566. The number of rotatable bonds is 2. The molecule has 0 aliphatic carbocycles. The van der Waals surface area contributed by atoms with Gasteiger partial charge in [-0.15, -0.1) is 5.10 Å². The Morgan fingerprint density at radius 2 is 2.12 bits per heavy atom. The third-order valence-electron chi connectivity index (χ3n) is 2.63. The Morgan fingerprint density at radius 3 is 2.75 bits per heavy atom. The minimum atomic E-state index is -0.425. The third kappa shape index (κ3) is 1.50. The second-order valence-corrected chi connectivity index (χ2v) is 3.55. The molecule has 5 heteroatoms. The molecule has 0 bridgehead atoms. The van der Waals surface area contributed by atoms with Gasteiger partial charge in [-0.05, 0) is 18.9 Å². The summed E-state index contributed by atoms with van der Waals surface area (Å²) in [6.45, 7) is 3.87. The summed E-state index contributed by atoms with van der Waals surface area (Å²) in [5.41, 5.74) is 2.24. The number of hydrogen-bond donors (Lipinski definition) is 0. The molecule has 0 radical (unpaired) electrons. The summed E-state index contributed by atoms with van der Waals surface area (Å²) in [7, 11) is 0. The van der Waals surface area contributed by atoms with E-state index >= 15 is 0 Å². The van der Waals surface area contributed by atoms with Crippen LogP contribution in [0.4, 0.5) is 5.69 Å². The molecule has 0 saturated carbocycles. The smallest absolute Gasteiger partial charge is 0.258 e. The number of hydrogen-bond acceptors (Lipinski definition) is 4. The lowest BCUT2D eigenvalue weighted by atomic mass is 10.0. The first kappa shape index (κ1) is 10.5. The zero-order valence-electron chi connectivity index (χ0n) is 9.10. The molecule has 0 atom stereocenters. The quantitative estimate of drug-likeness (QED) is 0.572. The highest BCUT2D eigenvalue weighted by Gasteiger charge is 2.15. The van der Waals surface area contributed by atoms with Crippen molar-refractivity contribution in [3.63, 3.8) is 0 Å². The van der Waals surface area contributed by atoms with Gasteiger partial charge in [0.15, 0.2) is 5.52 Å². The van der Waals surface area contributed by atoms with Crippen LogP contribution in [0.15, 0.2) is 18.2 Å². The summed E-state index contributed by atoms with van der Waals surface area (Å²) in [5.74, 6) is 0. The van der Waals surface area contributed by atoms with Crippen molar-refractivity contribution in [2.75, 3.05) is 0 Å². The lowest BCUT2D eigenvalue weighted by Crippen LogP contribution is -1.99. The van der Waals surface area contributed by atoms with E-state index in [1.54, 1.807) is 6.07 Å². The minimum Gasteiger partial charge on any atom is -0.258 e. The van der Waals surface area contributed by atoms with Crippen molar-refractivity contribution >= 4 is 16.6 Å². The predicted octanol–water partition coefficient (Wildman–Crippen LogP) is 2.41. The van der Waals surface area contributed by atoms with Crippen LogP contribution in [0.5, 0.6) is 0 Å². The molecule has 1 aromatic carbocycles. The molecular weight excluding hydrogens is 206 g/mol. The van der Waals surface area contributed by atoms with Gasteiger partial charge in [0.25, 0.3) is 5.69 Å². The lowest BCUT2D eigenvalue weighted by Gasteiger charge is -2.05. The van der Waals surface area contributed by atoms with Gasteiger partial charge < -0.3 is 0 Å². The normalized spacial score (nSPS) is 10.6. The number of nitrogens with zero attached hydrogens (tertiary/aromatic N) is 3. The summed E-state index contributed by atoms with van der Waals surface area (Å²) in [6.07, 6.45) is 0.791.